The number of carbonyl (C=O) groups excluding carboxylic acids is 3. The third kappa shape index (κ3) is 3.65. The van der Waals surface area contributed by atoms with E-state index in [2.05, 4.69) is 15.8 Å². The zero-order chi connectivity index (χ0) is 24.2. The minimum atomic E-state index is -0.926. The first kappa shape index (κ1) is 22.0. The molecule has 9 heteroatoms. The molecule has 1 saturated carbocycles. The van der Waals surface area contributed by atoms with Crippen molar-refractivity contribution in [2.45, 2.75) is 56.4 Å². The van der Waals surface area contributed by atoms with Crippen LogP contribution in [0.25, 0.3) is 0 Å². The van der Waals surface area contributed by atoms with Crippen LogP contribution in [-0.4, -0.2) is 52.1 Å². The van der Waals surface area contributed by atoms with Gasteiger partial charge in [-0.15, -0.1) is 0 Å². The van der Waals surface area contributed by atoms with Gasteiger partial charge >= 0.3 is 0 Å². The summed E-state index contributed by atoms with van der Waals surface area (Å²) in [5, 5.41) is 9.75. The van der Waals surface area contributed by atoms with Gasteiger partial charge in [0.25, 0.3) is 0 Å². The Kier molecular flexibility index (Phi) is 5.25. The number of fused-ring (bicyclic) bond motifs is 1. The summed E-state index contributed by atoms with van der Waals surface area (Å²) in [4.78, 5) is 42.3. The summed E-state index contributed by atoms with van der Waals surface area (Å²) >= 11 is 0. The lowest BCUT2D eigenvalue weighted by molar-refractivity contribution is -0.142. The maximum Gasteiger partial charge on any atom is 0.247 e. The van der Waals surface area contributed by atoms with Crippen LogP contribution in [0.1, 0.15) is 43.0 Å². The van der Waals surface area contributed by atoms with Crippen molar-refractivity contribution in [1.29, 1.82) is 0 Å². The second-order valence-corrected chi connectivity index (χ2v) is 9.98. The van der Waals surface area contributed by atoms with Crippen molar-refractivity contribution in [3.63, 3.8) is 0 Å². The Morgan fingerprint density at radius 1 is 1.20 bits per heavy atom. The summed E-state index contributed by atoms with van der Waals surface area (Å²) < 4.78 is 11.3. The number of anilines is 1. The van der Waals surface area contributed by atoms with Gasteiger partial charge < -0.3 is 24.8 Å². The molecule has 2 N–H and O–H groups in total. The normalized spacial score (nSPS) is 30.0. The third-order valence-corrected chi connectivity index (χ3v) is 7.69. The first-order chi connectivity index (χ1) is 16.9. The highest BCUT2D eigenvalue weighted by atomic mass is 16.5. The number of rotatable bonds is 6. The molecule has 1 aromatic carbocycles. The molecule has 2 aromatic rings. The molecule has 1 aromatic heterocycles. The molecule has 3 fully saturated rings. The van der Waals surface area contributed by atoms with Crippen LogP contribution in [0.5, 0.6) is 0 Å². The highest BCUT2D eigenvalue weighted by Crippen LogP contribution is 2.53. The number of hydrogen-bond acceptors (Lipinski definition) is 6. The fourth-order valence-electron chi connectivity index (χ4n) is 6.14. The molecular weight excluding hydrogens is 448 g/mol. The first-order valence-corrected chi connectivity index (χ1v) is 12.2. The van der Waals surface area contributed by atoms with Gasteiger partial charge in [-0.3, -0.25) is 14.4 Å². The molecule has 2 saturated heterocycles. The maximum atomic E-state index is 13.9. The molecular formula is C26H28N4O5. The topological polar surface area (TPSA) is 114 Å². The lowest BCUT2D eigenvalue weighted by Gasteiger charge is -2.30. The lowest BCUT2D eigenvalue weighted by Crippen LogP contribution is -2.46. The highest BCUT2D eigenvalue weighted by molar-refractivity contribution is 6.00. The van der Waals surface area contributed by atoms with E-state index in [9.17, 15) is 14.4 Å². The van der Waals surface area contributed by atoms with Crippen molar-refractivity contribution in [2.75, 3.05) is 11.9 Å². The van der Waals surface area contributed by atoms with Gasteiger partial charge in [-0.05, 0) is 25.3 Å². The molecule has 3 amide bonds. The molecule has 35 heavy (non-hydrogen) atoms. The maximum absolute atomic E-state index is 13.9. The van der Waals surface area contributed by atoms with Gasteiger partial charge in [-0.25, -0.2) is 0 Å². The molecule has 4 aliphatic rings. The van der Waals surface area contributed by atoms with Crippen LogP contribution < -0.4 is 10.6 Å². The standard InChI is InChI=1S/C26H28N4O5/c1-15-13-19(29-35-15)28-23(31)20-18-11-12-26(34-18)14-30(25(33)21(20)26)22(16-7-3-2-4-8-16)24(32)27-17-9-5-6-10-17/h2-4,7-8,11-13,17-18,20-22H,5-6,9-10,14H2,1H3,(H,27,32)(H,28,29,31)/t18-,20+,21+,22+,26-/m1/s1. The number of nitrogens with one attached hydrogen (secondary N) is 2. The number of benzene rings is 1. The zero-order valence-corrected chi connectivity index (χ0v) is 19.5. The largest absolute Gasteiger partial charge is 0.360 e. The Balaban J connectivity index is 1.29. The highest BCUT2D eigenvalue weighted by Gasteiger charge is 2.68. The van der Waals surface area contributed by atoms with E-state index in [1.54, 1.807) is 17.9 Å². The van der Waals surface area contributed by atoms with E-state index < -0.39 is 29.6 Å². The monoisotopic (exact) mass is 476 g/mol. The van der Waals surface area contributed by atoms with Crippen LogP contribution in [0.3, 0.4) is 0 Å². The minimum absolute atomic E-state index is 0.125. The minimum Gasteiger partial charge on any atom is -0.360 e. The van der Waals surface area contributed by atoms with Crippen molar-refractivity contribution in [3.8, 4) is 0 Å². The van der Waals surface area contributed by atoms with E-state index in [4.69, 9.17) is 9.26 Å². The van der Waals surface area contributed by atoms with Crippen LogP contribution in [0.2, 0.25) is 0 Å². The van der Waals surface area contributed by atoms with E-state index in [-0.39, 0.29) is 30.3 Å². The quantitative estimate of drug-likeness (QED) is 0.620. The molecule has 4 heterocycles. The van der Waals surface area contributed by atoms with Gasteiger partial charge in [0.2, 0.25) is 17.7 Å². The average molecular weight is 477 g/mol. The van der Waals surface area contributed by atoms with Crippen LogP contribution in [0.4, 0.5) is 5.82 Å². The molecule has 182 valence electrons. The number of carbonyl (C=O) groups is 3. The number of aryl methyl sites for hydroxylation is 1. The summed E-state index contributed by atoms with van der Waals surface area (Å²) in [7, 11) is 0. The summed E-state index contributed by atoms with van der Waals surface area (Å²) in [6, 6.07) is 10.3. The van der Waals surface area contributed by atoms with Gasteiger partial charge in [-0.2, -0.15) is 0 Å². The fraction of sp³-hybridized carbons (Fsp3) is 0.462. The van der Waals surface area contributed by atoms with Crippen molar-refractivity contribution < 1.29 is 23.6 Å². The summed E-state index contributed by atoms with van der Waals surface area (Å²) in [5.74, 6) is -1.34. The number of nitrogens with zero attached hydrogens (tertiary/aromatic N) is 2. The van der Waals surface area contributed by atoms with Crippen LogP contribution >= 0.6 is 0 Å². The molecule has 6 rings (SSSR count). The van der Waals surface area contributed by atoms with Gasteiger partial charge in [0, 0.05) is 12.1 Å². The zero-order valence-electron chi connectivity index (χ0n) is 19.5. The third-order valence-electron chi connectivity index (χ3n) is 7.69. The Bertz CT molecular complexity index is 1190. The molecule has 1 spiro atoms. The van der Waals surface area contributed by atoms with E-state index in [1.807, 2.05) is 42.5 Å². The number of ether oxygens (including phenoxy) is 1. The number of aromatic nitrogens is 1. The fourth-order valence-corrected chi connectivity index (χ4v) is 6.14. The second kappa shape index (κ2) is 8.34. The smallest absolute Gasteiger partial charge is 0.247 e. The Labute approximate surface area is 202 Å². The molecule has 0 unspecified atom stereocenters. The summed E-state index contributed by atoms with van der Waals surface area (Å²) in [6.45, 7) is 1.95. The van der Waals surface area contributed by atoms with E-state index in [0.29, 0.717) is 11.6 Å². The van der Waals surface area contributed by atoms with E-state index in [1.165, 1.54) is 0 Å². The van der Waals surface area contributed by atoms with E-state index in [0.717, 1.165) is 31.2 Å². The number of hydrogen-bond donors (Lipinski definition) is 2. The number of amides is 3. The molecule has 5 atom stereocenters. The second-order valence-electron chi connectivity index (χ2n) is 9.98. The molecule has 9 nitrogen and oxygen atoms in total. The summed E-state index contributed by atoms with van der Waals surface area (Å²) in [6.07, 6.45) is 7.33. The van der Waals surface area contributed by atoms with Gasteiger partial charge in [-0.1, -0.05) is 60.5 Å². The number of likely N-dealkylation sites (tertiary alicyclic amines) is 1. The van der Waals surface area contributed by atoms with Gasteiger partial charge in [0.15, 0.2) is 5.82 Å². The Morgan fingerprint density at radius 2 is 1.97 bits per heavy atom. The van der Waals surface area contributed by atoms with Crippen molar-refractivity contribution in [3.05, 3.63) is 59.9 Å². The van der Waals surface area contributed by atoms with Crippen LogP contribution in [0.15, 0.2) is 53.1 Å². The van der Waals surface area contributed by atoms with E-state index >= 15 is 0 Å². The van der Waals surface area contributed by atoms with Crippen molar-refractivity contribution in [1.82, 2.24) is 15.4 Å². The van der Waals surface area contributed by atoms with Crippen LogP contribution in [0, 0.1) is 18.8 Å². The predicted octanol–water partition coefficient (Wildman–Crippen LogP) is 2.50. The predicted molar refractivity (Wildman–Crippen MR) is 125 cm³/mol. The molecule has 3 aliphatic heterocycles. The van der Waals surface area contributed by atoms with Crippen molar-refractivity contribution >= 4 is 23.5 Å². The Hall–Kier alpha value is -3.46. The van der Waals surface area contributed by atoms with Crippen LogP contribution in [-0.2, 0) is 19.1 Å². The van der Waals surface area contributed by atoms with Gasteiger partial charge in [0.05, 0.1) is 24.5 Å². The van der Waals surface area contributed by atoms with Crippen molar-refractivity contribution in [2.24, 2.45) is 11.8 Å². The summed E-state index contributed by atoms with van der Waals surface area (Å²) in [5.41, 5.74) is -0.185. The van der Waals surface area contributed by atoms with Gasteiger partial charge in [0.1, 0.15) is 17.4 Å². The molecule has 1 aliphatic carbocycles. The average Bonchev–Trinajstić information content (AvgIpc) is 3.66. The SMILES string of the molecule is Cc1cc(NC(=O)[C@@H]2[C@H]3C(=O)N([C@H](C(=O)NC4CCCC4)c4ccccc4)C[C@]34C=C[C@H]2O4)no1. The lowest BCUT2D eigenvalue weighted by atomic mass is 9.77. The first-order valence-electron chi connectivity index (χ1n) is 12.2. The molecule has 0 radical (unpaired) electrons. The molecule has 2 bridgehead atoms. The Morgan fingerprint density at radius 3 is 2.69 bits per heavy atom.